The third kappa shape index (κ3) is 2.66. The molecule has 0 N–H and O–H groups in total. The Balaban J connectivity index is 1.81. The molecule has 1 amide bonds. The zero-order valence-electron chi connectivity index (χ0n) is 9.42. The van der Waals surface area contributed by atoms with Crippen LogP contribution in [0, 0.1) is 17.8 Å². The second kappa shape index (κ2) is 4.73. The van der Waals surface area contributed by atoms with Gasteiger partial charge in [-0.05, 0) is 37.5 Å². The molecule has 1 saturated carbocycles. The maximum absolute atomic E-state index is 12.1. The number of piperidine rings is 1. The predicted molar refractivity (Wildman–Crippen MR) is 61.9 cm³/mol. The lowest BCUT2D eigenvalue weighted by Gasteiger charge is -2.33. The van der Waals surface area contributed by atoms with E-state index in [1.807, 2.05) is 4.90 Å². The van der Waals surface area contributed by atoms with Crippen LogP contribution in [0.4, 0.5) is 0 Å². The van der Waals surface area contributed by atoms with Crippen LogP contribution in [0.25, 0.3) is 0 Å². The Morgan fingerprint density at radius 1 is 1.33 bits per heavy atom. The number of nitrogens with zero attached hydrogens (tertiary/aromatic N) is 1. The van der Waals surface area contributed by atoms with Crippen LogP contribution in [-0.4, -0.2) is 29.8 Å². The van der Waals surface area contributed by atoms with Gasteiger partial charge in [0, 0.05) is 24.9 Å². The van der Waals surface area contributed by atoms with Gasteiger partial charge in [-0.15, -0.1) is 11.6 Å². The number of rotatable bonds is 3. The molecule has 2 rings (SSSR count). The van der Waals surface area contributed by atoms with Crippen LogP contribution < -0.4 is 0 Å². The Kier molecular flexibility index (Phi) is 3.55. The van der Waals surface area contributed by atoms with Gasteiger partial charge in [-0.1, -0.05) is 6.92 Å². The highest BCUT2D eigenvalue weighted by Gasteiger charge is 2.35. The molecule has 0 bridgehead atoms. The molecular weight excluding hydrogens is 210 g/mol. The zero-order chi connectivity index (χ0) is 10.8. The lowest BCUT2D eigenvalue weighted by molar-refractivity contribution is -0.137. The van der Waals surface area contributed by atoms with Gasteiger partial charge >= 0.3 is 0 Å². The molecule has 0 aromatic heterocycles. The van der Waals surface area contributed by atoms with Gasteiger partial charge in [0.05, 0.1) is 0 Å². The first kappa shape index (κ1) is 11.3. The number of carbonyl (C=O) groups excluding carboxylic acids is 1. The van der Waals surface area contributed by atoms with E-state index in [0.29, 0.717) is 17.7 Å². The average Bonchev–Trinajstić information content (AvgIpc) is 3.11. The molecule has 2 fully saturated rings. The van der Waals surface area contributed by atoms with Crippen molar-refractivity contribution in [2.45, 2.75) is 32.6 Å². The van der Waals surface area contributed by atoms with E-state index in [1.54, 1.807) is 0 Å². The second-order valence-electron chi connectivity index (χ2n) is 5.05. The molecule has 0 spiro atoms. The minimum Gasteiger partial charge on any atom is -0.342 e. The number of hydrogen-bond acceptors (Lipinski definition) is 1. The molecule has 1 saturated heterocycles. The minimum atomic E-state index is 0.262. The first-order chi connectivity index (χ1) is 7.22. The van der Waals surface area contributed by atoms with Gasteiger partial charge < -0.3 is 4.90 Å². The van der Waals surface area contributed by atoms with Crippen molar-refractivity contribution >= 4 is 17.5 Å². The van der Waals surface area contributed by atoms with E-state index < -0.39 is 0 Å². The minimum absolute atomic E-state index is 0.262. The van der Waals surface area contributed by atoms with Gasteiger partial charge in [0.25, 0.3) is 0 Å². The van der Waals surface area contributed by atoms with Gasteiger partial charge in [0.2, 0.25) is 5.91 Å². The maximum atomic E-state index is 12.1. The summed E-state index contributed by atoms with van der Waals surface area (Å²) in [5.41, 5.74) is 0. The lowest BCUT2D eigenvalue weighted by atomic mass is 9.96. The Bertz CT molecular complexity index is 232. The van der Waals surface area contributed by atoms with Gasteiger partial charge in [0.1, 0.15) is 0 Å². The van der Waals surface area contributed by atoms with Crippen molar-refractivity contribution in [3.8, 4) is 0 Å². The highest BCUT2D eigenvalue weighted by molar-refractivity contribution is 6.18. The van der Waals surface area contributed by atoms with E-state index in [4.69, 9.17) is 11.6 Å². The van der Waals surface area contributed by atoms with Crippen molar-refractivity contribution in [1.29, 1.82) is 0 Å². The summed E-state index contributed by atoms with van der Waals surface area (Å²) < 4.78 is 0. The highest BCUT2D eigenvalue weighted by atomic mass is 35.5. The lowest BCUT2D eigenvalue weighted by Crippen LogP contribution is -2.41. The van der Waals surface area contributed by atoms with Crippen molar-refractivity contribution in [3.05, 3.63) is 0 Å². The zero-order valence-corrected chi connectivity index (χ0v) is 10.2. The van der Waals surface area contributed by atoms with Crippen LogP contribution in [0.2, 0.25) is 0 Å². The van der Waals surface area contributed by atoms with Crippen LogP contribution in [0.5, 0.6) is 0 Å². The largest absolute Gasteiger partial charge is 0.342 e. The summed E-state index contributed by atoms with van der Waals surface area (Å²) in [4.78, 5) is 14.1. The van der Waals surface area contributed by atoms with E-state index >= 15 is 0 Å². The Labute approximate surface area is 97.0 Å². The van der Waals surface area contributed by atoms with Crippen LogP contribution in [0.15, 0.2) is 0 Å². The molecular formula is C12H20ClNO. The number of carbonyl (C=O) groups is 1. The SMILES string of the molecule is CC(C(=O)N1CCC(CCl)CC1)C1CC1. The fourth-order valence-electron chi connectivity index (χ4n) is 2.39. The molecule has 1 atom stereocenters. The van der Waals surface area contributed by atoms with Crippen molar-refractivity contribution in [2.75, 3.05) is 19.0 Å². The fourth-order valence-corrected chi connectivity index (χ4v) is 2.70. The monoisotopic (exact) mass is 229 g/mol. The number of hydrogen-bond donors (Lipinski definition) is 0. The number of halogens is 1. The third-order valence-electron chi connectivity index (χ3n) is 3.86. The van der Waals surface area contributed by atoms with Crippen LogP contribution >= 0.6 is 11.6 Å². The summed E-state index contributed by atoms with van der Waals surface area (Å²) in [5, 5.41) is 0. The fraction of sp³-hybridized carbons (Fsp3) is 0.917. The Morgan fingerprint density at radius 3 is 2.40 bits per heavy atom. The van der Waals surface area contributed by atoms with Crippen LogP contribution in [0.1, 0.15) is 32.6 Å². The summed E-state index contributed by atoms with van der Waals surface area (Å²) in [6.07, 6.45) is 4.69. The van der Waals surface area contributed by atoms with E-state index in [1.165, 1.54) is 12.8 Å². The van der Waals surface area contributed by atoms with Crippen molar-refractivity contribution in [1.82, 2.24) is 4.90 Å². The quantitative estimate of drug-likeness (QED) is 0.681. The van der Waals surface area contributed by atoms with Gasteiger partial charge in [-0.3, -0.25) is 4.79 Å². The standard InChI is InChI=1S/C12H20ClNO/c1-9(11-2-3-11)12(15)14-6-4-10(8-13)5-7-14/h9-11H,2-8H2,1H3. The van der Waals surface area contributed by atoms with Gasteiger partial charge in [-0.25, -0.2) is 0 Å². The first-order valence-electron chi connectivity index (χ1n) is 6.07. The number of likely N-dealkylation sites (tertiary alicyclic amines) is 1. The Hall–Kier alpha value is -0.240. The highest BCUT2D eigenvalue weighted by Crippen LogP contribution is 2.37. The molecule has 86 valence electrons. The Morgan fingerprint density at radius 2 is 1.93 bits per heavy atom. The summed E-state index contributed by atoms with van der Waals surface area (Å²) in [6.45, 7) is 3.94. The van der Waals surface area contributed by atoms with E-state index in [-0.39, 0.29) is 5.92 Å². The van der Waals surface area contributed by atoms with Gasteiger partial charge in [-0.2, -0.15) is 0 Å². The molecule has 2 aliphatic rings. The smallest absolute Gasteiger partial charge is 0.225 e. The molecule has 1 unspecified atom stereocenters. The maximum Gasteiger partial charge on any atom is 0.225 e. The van der Waals surface area contributed by atoms with Crippen molar-refractivity contribution in [2.24, 2.45) is 17.8 Å². The van der Waals surface area contributed by atoms with Crippen molar-refractivity contribution in [3.63, 3.8) is 0 Å². The predicted octanol–water partition coefficient (Wildman–Crippen LogP) is 2.51. The van der Waals surface area contributed by atoms with Crippen LogP contribution in [-0.2, 0) is 4.79 Å². The van der Waals surface area contributed by atoms with E-state index in [0.717, 1.165) is 31.8 Å². The topological polar surface area (TPSA) is 20.3 Å². The molecule has 1 aliphatic carbocycles. The summed E-state index contributed by atoms with van der Waals surface area (Å²) in [6, 6.07) is 0. The molecule has 0 radical (unpaired) electrons. The van der Waals surface area contributed by atoms with Crippen LogP contribution in [0.3, 0.4) is 0 Å². The number of alkyl halides is 1. The molecule has 2 nitrogen and oxygen atoms in total. The summed E-state index contributed by atoms with van der Waals surface area (Å²) >= 11 is 5.83. The molecule has 1 aliphatic heterocycles. The van der Waals surface area contributed by atoms with E-state index in [9.17, 15) is 4.79 Å². The van der Waals surface area contributed by atoms with Gasteiger partial charge in [0.15, 0.2) is 0 Å². The second-order valence-corrected chi connectivity index (χ2v) is 5.36. The molecule has 0 aromatic rings. The molecule has 15 heavy (non-hydrogen) atoms. The summed E-state index contributed by atoms with van der Waals surface area (Å²) in [7, 11) is 0. The normalized spacial score (nSPS) is 25.3. The van der Waals surface area contributed by atoms with Crippen molar-refractivity contribution < 1.29 is 4.79 Å². The molecule has 3 heteroatoms. The average molecular weight is 230 g/mol. The van der Waals surface area contributed by atoms with E-state index in [2.05, 4.69) is 6.92 Å². The molecule has 1 heterocycles. The molecule has 0 aromatic carbocycles. The number of amides is 1. The summed E-state index contributed by atoms with van der Waals surface area (Å²) in [5.74, 6) is 2.71. The third-order valence-corrected chi connectivity index (χ3v) is 4.30. The first-order valence-corrected chi connectivity index (χ1v) is 6.60.